The number of pyridine rings is 1. The van der Waals surface area contributed by atoms with E-state index in [2.05, 4.69) is 0 Å². The minimum absolute atomic E-state index is 0.0242. The maximum absolute atomic E-state index is 13.4. The molecule has 0 bridgehead atoms. The molecule has 2 aromatic carbocycles. The lowest BCUT2D eigenvalue weighted by molar-refractivity contribution is 0.0685. The molecule has 0 saturated carbocycles. The molecule has 0 atom stereocenters. The molecular formula is C22H16Cl3NO5. The first-order valence-corrected chi connectivity index (χ1v) is 10.2. The van der Waals surface area contributed by atoms with E-state index in [0.29, 0.717) is 22.8 Å². The zero-order valence-electron chi connectivity index (χ0n) is 16.4. The van der Waals surface area contributed by atoms with E-state index in [4.69, 9.17) is 34.8 Å². The predicted molar refractivity (Wildman–Crippen MR) is 121 cm³/mol. The van der Waals surface area contributed by atoms with E-state index in [0.717, 1.165) is 0 Å². The molecule has 0 spiro atoms. The Morgan fingerprint density at radius 2 is 1.58 bits per heavy atom. The smallest absolute Gasteiger partial charge is 0.341 e. The van der Waals surface area contributed by atoms with Crippen molar-refractivity contribution in [1.82, 2.24) is 4.57 Å². The highest BCUT2D eigenvalue weighted by atomic mass is 35.5. The van der Waals surface area contributed by atoms with Gasteiger partial charge in [0.15, 0.2) is 0 Å². The summed E-state index contributed by atoms with van der Waals surface area (Å²) >= 11 is 18.4. The SMILES string of the molecule is CCn1c(C)c(-c2cc(C(=O)O)ccc2Cl)c(=O)c(C(=O)O)c1-c1ccc(Cl)c(Cl)c1. The van der Waals surface area contributed by atoms with Gasteiger partial charge in [-0.1, -0.05) is 40.9 Å². The summed E-state index contributed by atoms with van der Waals surface area (Å²) in [5.41, 5.74) is -0.144. The number of rotatable bonds is 5. The van der Waals surface area contributed by atoms with Gasteiger partial charge >= 0.3 is 11.9 Å². The fourth-order valence-electron chi connectivity index (χ4n) is 3.54. The van der Waals surface area contributed by atoms with Crippen molar-refractivity contribution in [3.8, 4) is 22.4 Å². The Labute approximate surface area is 192 Å². The third-order valence-electron chi connectivity index (χ3n) is 4.93. The molecule has 3 rings (SSSR count). The number of aromatic nitrogens is 1. The molecule has 0 saturated heterocycles. The van der Waals surface area contributed by atoms with Gasteiger partial charge in [0, 0.05) is 28.4 Å². The summed E-state index contributed by atoms with van der Waals surface area (Å²) in [6, 6.07) is 8.53. The van der Waals surface area contributed by atoms with Gasteiger partial charge < -0.3 is 14.8 Å². The van der Waals surface area contributed by atoms with Gasteiger partial charge in [-0.3, -0.25) is 4.79 Å². The van der Waals surface area contributed by atoms with Crippen molar-refractivity contribution < 1.29 is 19.8 Å². The Morgan fingerprint density at radius 1 is 0.935 bits per heavy atom. The van der Waals surface area contributed by atoms with Gasteiger partial charge in [0.25, 0.3) is 0 Å². The number of nitrogens with zero attached hydrogens (tertiary/aromatic N) is 1. The maximum atomic E-state index is 13.4. The molecule has 0 radical (unpaired) electrons. The van der Waals surface area contributed by atoms with Crippen LogP contribution in [0.3, 0.4) is 0 Å². The molecule has 0 amide bonds. The van der Waals surface area contributed by atoms with Gasteiger partial charge in [-0.05, 0) is 44.2 Å². The molecule has 0 aliphatic rings. The molecule has 1 heterocycles. The molecule has 0 aliphatic heterocycles. The fourth-order valence-corrected chi connectivity index (χ4v) is 4.05. The summed E-state index contributed by atoms with van der Waals surface area (Å²) < 4.78 is 1.66. The average molecular weight is 481 g/mol. The highest BCUT2D eigenvalue weighted by Crippen LogP contribution is 2.35. The minimum Gasteiger partial charge on any atom is -0.478 e. The second-order valence-corrected chi connectivity index (χ2v) is 7.91. The van der Waals surface area contributed by atoms with Crippen LogP contribution in [0.25, 0.3) is 22.4 Å². The quantitative estimate of drug-likeness (QED) is 0.476. The van der Waals surface area contributed by atoms with Crippen molar-refractivity contribution in [3.63, 3.8) is 0 Å². The van der Waals surface area contributed by atoms with Crippen LogP contribution < -0.4 is 5.43 Å². The zero-order valence-corrected chi connectivity index (χ0v) is 18.6. The van der Waals surface area contributed by atoms with E-state index in [1.165, 1.54) is 30.3 Å². The Bertz CT molecular complexity index is 1300. The van der Waals surface area contributed by atoms with Crippen LogP contribution in [0, 0.1) is 6.92 Å². The number of benzene rings is 2. The molecule has 9 heteroatoms. The van der Waals surface area contributed by atoms with Crippen molar-refractivity contribution in [2.24, 2.45) is 0 Å². The van der Waals surface area contributed by atoms with Gasteiger partial charge in [-0.15, -0.1) is 0 Å². The van der Waals surface area contributed by atoms with Crippen LogP contribution in [-0.4, -0.2) is 26.7 Å². The molecule has 6 nitrogen and oxygen atoms in total. The first kappa shape index (κ1) is 22.9. The van der Waals surface area contributed by atoms with Gasteiger partial charge in [0.05, 0.1) is 26.9 Å². The highest BCUT2D eigenvalue weighted by Gasteiger charge is 2.27. The monoisotopic (exact) mass is 479 g/mol. The van der Waals surface area contributed by atoms with E-state index in [1.54, 1.807) is 24.5 Å². The molecule has 160 valence electrons. The van der Waals surface area contributed by atoms with Crippen LogP contribution in [0.5, 0.6) is 0 Å². The first-order valence-electron chi connectivity index (χ1n) is 9.07. The van der Waals surface area contributed by atoms with Crippen LogP contribution in [0.15, 0.2) is 41.2 Å². The molecule has 3 aromatic rings. The van der Waals surface area contributed by atoms with Crippen LogP contribution in [0.2, 0.25) is 15.1 Å². The topological polar surface area (TPSA) is 96.6 Å². The van der Waals surface area contributed by atoms with Gasteiger partial charge in [0.2, 0.25) is 5.43 Å². The number of carbonyl (C=O) groups is 2. The number of carboxylic acids is 2. The molecular weight excluding hydrogens is 465 g/mol. The van der Waals surface area contributed by atoms with Crippen LogP contribution >= 0.6 is 34.8 Å². The zero-order chi connectivity index (χ0) is 23.0. The molecule has 1 aromatic heterocycles. The molecule has 31 heavy (non-hydrogen) atoms. The third-order valence-corrected chi connectivity index (χ3v) is 6.00. The van der Waals surface area contributed by atoms with Crippen molar-refractivity contribution in [2.75, 3.05) is 0 Å². The molecule has 0 aliphatic carbocycles. The largest absolute Gasteiger partial charge is 0.478 e. The number of carboxylic acid groups (broad SMARTS) is 2. The number of halogens is 3. The van der Waals surface area contributed by atoms with E-state index in [9.17, 15) is 24.6 Å². The lowest BCUT2D eigenvalue weighted by atomic mass is 9.95. The highest BCUT2D eigenvalue weighted by molar-refractivity contribution is 6.42. The van der Waals surface area contributed by atoms with Gasteiger partial charge in [-0.2, -0.15) is 0 Å². The summed E-state index contributed by atoms with van der Waals surface area (Å²) in [6.07, 6.45) is 0. The minimum atomic E-state index is -1.43. The van der Waals surface area contributed by atoms with Crippen molar-refractivity contribution in [3.05, 3.63) is 78.5 Å². The van der Waals surface area contributed by atoms with E-state index in [-0.39, 0.29) is 32.4 Å². The summed E-state index contributed by atoms with van der Waals surface area (Å²) in [7, 11) is 0. The van der Waals surface area contributed by atoms with Gasteiger partial charge in [-0.25, -0.2) is 9.59 Å². The van der Waals surface area contributed by atoms with Crippen molar-refractivity contribution >= 4 is 46.7 Å². The molecule has 0 fully saturated rings. The summed E-state index contributed by atoms with van der Waals surface area (Å²) in [5.74, 6) is -2.63. The van der Waals surface area contributed by atoms with E-state index < -0.39 is 22.9 Å². The van der Waals surface area contributed by atoms with E-state index >= 15 is 0 Å². The van der Waals surface area contributed by atoms with Crippen LogP contribution in [0.1, 0.15) is 33.3 Å². The van der Waals surface area contributed by atoms with Crippen LogP contribution in [-0.2, 0) is 6.54 Å². The standard InChI is InChI=1S/C22H16Cl3NO5/c1-3-26-10(2)17(13-8-12(21(28)29)5-6-14(13)23)20(27)18(22(30)31)19(26)11-4-7-15(24)16(25)9-11/h4-9H,3H2,1-2H3,(H,28,29)(H,30,31). The number of hydrogen-bond acceptors (Lipinski definition) is 3. The van der Waals surface area contributed by atoms with E-state index in [1.807, 2.05) is 0 Å². The third kappa shape index (κ3) is 4.06. The Morgan fingerprint density at radius 3 is 2.13 bits per heavy atom. The first-order chi connectivity index (χ1) is 14.6. The van der Waals surface area contributed by atoms with Crippen LogP contribution in [0.4, 0.5) is 0 Å². The lowest BCUT2D eigenvalue weighted by Gasteiger charge is -2.22. The fraction of sp³-hybridized carbons (Fsp3) is 0.136. The Hall–Kier alpha value is -2.80. The molecule has 0 unspecified atom stereocenters. The molecule has 2 N–H and O–H groups in total. The second kappa shape index (κ2) is 8.75. The predicted octanol–water partition coefficient (Wildman–Crippen LogP) is 5.87. The average Bonchev–Trinajstić information content (AvgIpc) is 2.70. The summed E-state index contributed by atoms with van der Waals surface area (Å²) in [4.78, 5) is 37.0. The Kier molecular flexibility index (Phi) is 6.46. The van der Waals surface area contributed by atoms with Crippen molar-refractivity contribution in [2.45, 2.75) is 20.4 Å². The summed E-state index contributed by atoms with van der Waals surface area (Å²) in [5, 5.41) is 19.9. The normalized spacial score (nSPS) is 10.9. The lowest BCUT2D eigenvalue weighted by Crippen LogP contribution is -2.25. The Balaban J connectivity index is 2.49. The second-order valence-electron chi connectivity index (χ2n) is 6.69. The summed E-state index contributed by atoms with van der Waals surface area (Å²) in [6.45, 7) is 3.77. The van der Waals surface area contributed by atoms with Gasteiger partial charge in [0.1, 0.15) is 5.56 Å². The van der Waals surface area contributed by atoms with Crippen molar-refractivity contribution in [1.29, 1.82) is 0 Å². The maximum Gasteiger partial charge on any atom is 0.341 e. The number of hydrogen-bond donors (Lipinski definition) is 2. The number of aromatic carboxylic acids is 2.